The minimum atomic E-state index is -1.51. The van der Waals surface area contributed by atoms with Gasteiger partial charge in [0.2, 0.25) is 0 Å². The number of hydrogen-bond acceptors (Lipinski definition) is 7. The van der Waals surface area contributed by atoms with Crippen molar-refractivity contribution in [3.63, 3.8) is 0 Å². The number of rotatable bonds is 79. The maximum Gasteiger partial charge on any atom is 0.361 e. The molecule has 0 aromatic rings. The zero-order valence-electron chi connectivity index (χ0n) is 63.2. The second-order valence-electron chi connectivity index (χ2n) is 29.8. The molecule has 0 spiro atoms. The van der Waals surface area contributed by atoms with Gasteiger partial charge in [0, 0.05) is 12.8 Å². The van der Waals surface area contributed by atoms with E-state index in [9.17, 15) is 19.5 Å². The first-order valence-corrected chi connectivity index (χ1v) is 41.5. The van der Waals surface area contributed by atoms with E-state index in [1.54, 1.807) is 0 Å². The Morgan fingerprint density at radius 1 is 0.323 bits per heavy atom. The van der Waals surface area contributed by atoms with E-state index in [0.717, 1.165) is 44.9 Å². The second-order valence-corrected chi connectivity index (χ2v) is 29.8. The van der Waals surface area contributed by atoms with E-state index in [-0.39, 0.29) is 38.2 Å². The number of aliphatic carboxylic acids is 1. The van der Waals surface area contributed by atoms with Crippen LogP contribution < -0.4 is 0 Å². The molecule has 0 rings (SSSR count). The highest BCUT2D eigenvalue weighted by atomic mass is 16.7. The minimum absolute atomic E-state index is 0.174. The summed E-state index contributed by atoms with van der Waals surface area (Å²) < 4.78 is 23.1. The maximum atomic E-state index is 13.0. The van der Waals surface area contributed by atoms with E-state index in [1.807, 2.05) is 21.1 Å². The molecule has 0 radical (unpaired) electrons. The molecular formula is C84H162NO8+. The SMILES string of the molecule is CCCCCCC/C=C\C/C=C\CCCCCCCCCCCCCCCCCCCC(=O)OC(COC(=O)CCCCCCCCCCCCCCCCCCCCCCCCCCCCCCCCCCCCCCCCC)COC(OCC[N+](C)(C)C)C(=O)O. The number of esters is 2. The summed E-state index contributed by atoms with van der Waals surface area (Å²) in [6, 6.07) is 0. The molecule has 0 aliphatic carbocycles. The number of unbranched alkanes of at least 4 members (excludes halogenated alkanes) is 60. The van der Waals surface area contributed by atoms with Gasteiger partial charge in [0.15, 0.2) is 6.10 Å². The van der Waals surface area contributed by atoms with Crippen molar-refractivity contribution >= 4 is 17.9 Å². The van der Waals surface area contributed by atoms with Gasteiger partial charge in [-0.3, -0.25) is 9.59 Å². The number of likely N-dealkylation sites (N-methyl/N-ethyl adjacent to an activating group) is 1. The molecule has 0 saturated carbocycles. The largest absolute Gasteiger partial charge is 0.477 e. The average molecular weight is 1310 g/mol. The van der Waals surface area contributed by atoms with Gasteiger partial charge in [-0.1, -0.05) is 404 Å². The standard InChI is InChI=1S/C84H161NO8/c1-6-8-10-12-14-16-18-20-22-24-26-28-30-32-34-36-37-38-39-40-41-42-43-44-45-47-48-50-52-54-56-58-60-62-64-66-68-70-72-74-81(86)91-78-80(79-92-84(83(88)89)90-77-76-85(3,4)5)93-82(87)75-73-71-69-67-65-63-61-59-57-55-53-51-49-46-35-33-31-29-27-25-23-21-19-17-15-13-11-9-7-2/h19,21,25,27,80,84H,6-18,20,22-24,26,28-79H2,1-5H3/p+1/b21-19-,27-25-. The lowest BCUT2D eigenvalue weighted by Gasteiger charge is -2.25. The van der Waals surface area contributed by atoms with Crippen LogP contribution in [0.25, 0.3) is 0 Å². The number of carboxylic acid groups (broad SMARTS) is 1. The van der Waals surface area contributed by atoms with E-state index in [4.69, 9.17) is 18.9 Å². The molecule has 0 aliphatic rings. The first-order valence-electron chi connectivity index (χ1n) is 41.5. The van der Waals surface area contributed by atoms with Crippen LogP contribution in [0.5, 0.6) is 0 Å². The zero-order valence-corrected chi connectivity index (χ0v) is 63.2. The Morgan fingerprint density at radius 2 is 0.581 bits per heavy atom. The van der Waals surface area contributed by atoms with Gasteiger partial charge < -0.3 is 28.5 Å². The molecule has 0 bridgehead atoms. The van der Waals surface area contributed by atoms with Gasteiger partial charge >= 0.3 is 17.9 Å². The molecule has 0 aromatic heterocycles. The fourth-order valence-electron chi connectivity index (χ4n) is 12.9. The predicted molar refractivity (Wildman–Crippen MR) is 401 cm³/mol. The van der Waals surface area contributed by atoms with Crippen molar-refractivity contribution in [3.05, 3.63) is 24.3 Å². The minimum Gasteiger partial charge on any atom is -0.477 e. The summed E-state index contributed by atoms with van der Waals surface area (Å²) in [6.45, 7) is 4.96. The van der Waals surface area contributed by atoms with Crippen molar-refractivity contribution in [1.82, 2.24) is 0 Å². The Bertz CT molecular complexity index is 1580. The number of quaternary nitrogens is 1. The summed E-state index contributed by atoms with van der Waals surface area (Å²) in [5, 5.41) is 9.77. The van der Waals surface area contributed by atoms with Crippen LogP contribution in [-0.4, -0.2) is 87.4 Å². The van der Waals surface area contributed by atoms with Crippen LogP contribution in [0.4, 0.5) is 0 Å². The van der Waals surface area contributed by atoms with Gasteiger partial charge in [0.1, 0.15) is 13.2 Å². The predicted octanol–water partition coefficient (Wildman–Crippen LogP) is 26.5. The van der Waals surface area contributed by atoms with Crippen LogP contribution in [0.3, 0.4) is 0 Å². The summed E-state index contributed by atoms with van der Waals surface area (Å²) >= 11 is 0. The van der Waals surface area contributed by atoms with Crippen LogP contribution in [0, 0.1) is 0 Å². The van der Waals surface area contributed by atoms with Crippen molar-refractivity contribution in [1.29, 1.82) is 0 Å². The van der Waals surface area contributed by atoms with Crippen LogP contribution in [0.2, 0.25) is 0 Å². The molecule has 0 saturated heterocycles. The summed E-state index contributed by atoms with van der Waals surface area (Å²) in [7, 11) is 6.00. The van der Waals surface area contributed by atoms with Crippen LogP contribution in [-0.2, 0) is 33.3 Å². The van der Waals surface area contributed by atoms with Crippen LogP contribution in [0.15, 0.2) is 24.3 Å². The summed E-state index contributed by atoms with van der Waals surface area (Å²) in [5.74, 6) is -1.97. The lowest BCUT2D eigenvalue weighted by Crippen LogP contribution is -2.40. The highest BCUT2D eigenvalue weighted by Gasteiger charge is 2.25. The van der Waals surface area contributed by atoms with Crippen molar-refractivity contribution < 1.29 is 42.9 Å². The van der Waals surface area contributed by atoms with Gasteiger partial charge in [-0.05, 0) is 44.9 Å². The smallest absolute Gasteiger partial charge is 0.361 e. The van der Waals surface area contributed by atoms with Gasteiger partial charge in [-0.2, -0.15) is 0 Å². The highest BCUT2D eigenvalue weighted by molar-refractivity contribution is 5.71. The Balaban J connectivity index is 3.92. The Morgan fingerprint density at radius 3 is 0.849 bits per heavy atom. The topological polar surface area (TPSA) is 108 Å². The van der Waals surface area contributed by atoms with Crippen LogP contribution in [0.1, 0.15) is 438 Å². The molecule has 0 aromatic carbocycles. The molecule has 93 heavy (non-hydrogen) atoms. The summed E-state index contributed by atoms with van der Waals surface area (Å²) in [6.07, 6.45) is 93.6. The zero-order chi connectivity index (χ0) is 67.5. The quantitative estimate of drug-likeness (QED) is 0.0211. The van der Waals surface area contributed by atoms with E-state index >= 15 is 0 Å². The normalized spacial score (nSPS) is 12.7. The first kappa shape index (κ1) is 90.8. The van der Waals surface area contributed by atoms with E-state index in [1.165, 1.54) is 366 Å². The molecule has 0 heterocycles. The van der Waals surface area contributed by atoms with E-state index in [2.05, 4.69) is 38.2 Å². The Labute approximate surface area is 579 Å². The number of allylic oxidation sites excluding steroid dienone is 4. The Kier molecular flexibility index (Phi) is 73.7. The third kappa shape index (κ3) is 77.0. The van der Waals surface area contributed by atoms with Gasteiger partial charge in [0.25, 0.3) is 6.29 Å². The number of nitrogens with zero attached hydrogens (tertiary/aromatic N) is 1. The molecule has 2 unspecified atom stereocenters. The fraction of sp³-hybridized carbons (Fsp3) is 0.917. The lowest BCUT2D eigenvalue weighted by molar-refractivity contribution is -0.870. The average Bonchev–Trinajstić information content (AvgIpc) is 3.74. The van der Waals surface area contributed by atoms with Gasteiger partial charge in [-0.25, -0.2) is 4.79 Å². The molecule has 1 N–H and O–H groups in total. The molecule has 9 nitrogen and oxygen atoms in total. The first-order chi connectivity index (χ1) is 45.6. The van der Waals surface area contributed by atoms with Gasteiger partial charge in [0.05, 0.1) is 34.4 Å². The van der Waals surface area contributed by atoms with Crippen molar-refractivity contribution in [2.45, 2.75) is 450 Å². The molecule has 0 amide bonds. The molecule has 9 heteroatoms. The van der Waals surface area contributed by atoms with Crippen molar-refractivity contribution in [2.24, 2.45) is 0 Å². The monoisotopic (exact) mass is 1310 g/mol. The Hall–Kier alpha value is -2.23. The lowest BCUT2D eigenvalue weighted by atomic mass is 10.0. The molecule has 0 aliphatic heterocycles. The molecular weight excluding hydrogens is 1150 g/mol. The highest BCUT2D eigenvalue weighted by Crippen LogP contribution is 2.21. The number of carboxylic acids is 1. The molecule has 0 fully saturated rings. The maximum absolute atomic E-state index is 13.0. The molecule has 2 atom stereocenters. The van der Waals surface area contributed by atoms with E-state index < -0.39 is 18.4 Å². The number of carbonyl (C=O) groups excluding carboxylic acids is 2. The van der Waals surface area contributed by atoms with Crippen molar-refractivity contribution in [2.75, 3.05) is 47.5 Å². The van der Waals surface area contributed by atoms with E-state index in [0.29, 0.717) is 17.4 Å². The second kappa shape index (κ2) is 75.5. The third-order valence-corrected chi connectivity index (χ3v) is 19.2. The van der Waals surface area contributed by atoms with Crippen LogP contribution >= 0.6 is 0 Å². The van der Waals surface area contributed by atoms with Crippen molar-refractivity contribution in [3.8, 4) is 0 Å². The number of carbonyl (C=O) groups is 3. The fourth-order valence-corrected chi connectivity index (χ4v) is 12.9. The number of ether oxygens (including phenoxy) is 4. The summed E-state index contributed by atoms with van der Waals surface area (Å²) in [5.41, 5.74) is 0. The third-order valence-electron chi connectivity index (χ3n) is 19.2. The summed E-state index contributed by atoms with van der Waals surface area (Å²) in [4.78, 5) is 37.7. The van der Waals surface area contributed by atoms with Gasteiger partial charge in [-0.15, -0.1) is 0 Å². The number of hydrogen-bond donors (Lipinski definition) is 1. The molecule has 550 valence electrons.